The quantitative estimate of drug-likeness (QED) is 0.0618. The van der Waals surface area contributed by atoms with Gasteiger partial charge in [-0.3, -0.25) is 4.79 Å². The Balaban J connectivity index is 0.000000270. The average Bonchev–Trinajstić information content (AvgIpc) is 3.78. The summed E-state index contributed by atoms with van der Waals surface area (Å²) in [6.07, 6.45) is 3.67. The number of cyclic esters (lactones) is 1. The Morgan fingerprint density at radius 3 is 1.62 bits per heavy atom. The summed E-state index contributed by atoms with van der Waals surface area (Å²) in [7, 11) is 0. The molecule has 1 fully saturated rings. The number of imide groups is 1. The second-order valence-corrected chi connectivity index (χ2v) is 19.6. The van der Waals surface area contributed by atoms with Crippen LogP contribution in [0.2, 0.25) is 0 Å². The Labute approximate surface area is 475 Å². The predicted molar refractivity (Wildman–Crippen MR) is 298 cm³/mol. The van der Waals surface area contributed by atoms with Crippen LogP contribution in [-0.4, -0.2) is 69.6 Å². The number of hydrogen-bond donors (Lipinski definition) is 1. The van der Waals surface area contributed by atoms with Gasteiger partial charge in [-0.05, 0) is 116 Å². The van der Waals surface area contributed by atoms with Crippen LogP contribution >= 0.6 is 45.2 Å². The third kappa shape index (κ3) is 16.0. The topological polar surface area (TPSA) is 146 Å². The molecule has 16 heteroatoms. The summed E-state index contributed by atoms with van der Waals surface area (Å²) in [6, 6.07) is 55.1. The number of aromatic nitrogens is 4. The van der Waals surface area contributed by atoms with E-state index in [9.17, 15) is 14.7 Å². The summed E-state index contributed by atoms with van der Waals surface area (Å²) in [5.41, 5.74) is 8.18. The number of aliphatic hydroxyl groups excluding tert-OH is 1. The molecular formula is C58H54BI2LiN5O7. The molecule has 2 aromatic heterocycles. The Morgan fingerprint density at radius 1 is 0.635 bits per heavy atom. The molecule has 2 amide bonds. The second kappa shape index (κ2) is 29.1. The maximum atomic E-state index is 14.1. The Bertz CT molecular complexity index is 3000. The number of hydrogen-bond acceptors (Lipinski definition) is 11. The van der Waals surface area contributed by atoms with Crippen LogP contribution in [0.25, 0.3) is 0 Å². The average molecular weight is 1200 g/mol. The molecule has 3 radical (unpaired) electrons. The molecule has 371 valence electrons. The van der Waals surface area contributed by atoms with Crippen LogP contribution in [-0.2, 0) is 48.6 Å². The molecule has 8 aromatic rings. The summed E-state index contributed by atoms with van der Waals surface area (Å²) >= 11 is 4.51. The molecule has 0 aliphatic carbocycles. The van der Waals surface area contributed by atoms with E-state index in [4.69, 9.17) is 18.9 Å². The minimum atomic E-state index is -0.638. The Kier molecular flexibility index (Phi) is 22.5. The Morgan fingerprint density at radius 2 is 1.09 bits per heavy atom. The molecule has 3 atom stereocenters. The number of carbonyl (C=O) groups is 2. The molecule has 3 heterocycles. The first-order valence-electron chi connectivity index (χ1n) is 23.5. The van der Waals surface area contributed by atoms with Gasteiger partial charge in [0, 0.05) is 39.9 Å². The van der Waals surface area contributed by atoms with Crippen LogP contribution in [0, 0.1) is 14.1 Å². The van der Waals surface area contributed by atoms with E-state index in [0.29, 0.717) is 61.6 Å². The summed E-state index contributed by atoms with van der Waals surface area (Å²) < 4.78 is 25.8. The van der Waals surface area contributed by atoms with Gasteiger partial charge in [0.25, 0.3) is 5.88 Å². The van der Waals surface area contributed by atoms with Gasteiger partial charge in [-0.1, -0.05) is 146 Å². The number of amides is 2. The van der Waals surface area contributed by atoms with Gasteiger partial charge < -0.3 is 25.5 Å². The first-order valence-corrected chi connectivity index (χ1v) is 25.7. The number of halogens is 2. The number of benzene rings is 6. The largest absolute Gasteiger partial charge is 1.00 e. The smallest absolute Gasteiger partial charge is 1.00 e. The van der Waals surface area contributed by atoms with Crippen LogP contribution in [0.4, 0.5) is 4.79 Å². The van der Waals surface area contributed by atoms with Crippen molar-refractivity contribution in [1.29, 1.82) is 0 Å². The van der Waals surface area contributed by atoms with E-state index in [2.05, 4.69) is 65.1 Å². The zero-order valence-corrected chi connectivity index (χ0v) is 45.5. The van der Waals surface area contributed by atoms with Crippen LogP contribution in [0.3, 0.4) is 0 Å². The number of nitrogens with zero attached hydrogens (tertiary/aromatic N) is 5. The zero-order valence-electron chi connectivity index (χ0n) is 42.2. The molecule has 1 N–H and O–H groups in total. The van der Waals surface area contributed by atoms with Gasteiger partial charge in [0.05, 0.1) is 30.0 Å². The van der Waals surface area contributed by atoms with Gasteiger partial charge in [0.2, 0.25) is 17.5 Å². The molecule has 1 aliphatic heterocycles. The monoisotopic (exact) mass is 1200 g/mol. The van der Waals surface area contributed by atoms with Crippen molar-refractivity contribution in [3.8, 4) is 17.5 Å². The fourth-order valence-corrected chi connectivity index (χ4v) is 8.93. The normalized spacial score (nSPS) is 13.4. The Hall–Kier alpha value is -6.10. The number of aliphatic hydroxyl groups is 1. The van der Waals surface area contributed by atoms with Gasteiger partial charge >= 0.3 is 25.0 Å². The second-order valence-electron chi connectivity index (χ2n) is 17.1. The van der Waals surface area contributed by atoms with Gasteiger partial charge in [-0.2, -0.15) is 4.98 Å². The minimum Gasteiger partial charge on any atom is -1.00 e. The molecule has 0 bridgehead atoms. The van der Waals surface area contributed by atoms with Crippen molar-refractivity contribution in [2.45, 2.75) is 63.9 Å². The first kappa shape index (κ1) is 57.2. The third-order valence-electron chi connectivity index (χ3n) is 12.1. The van der Waals surface area contributed by atoms with E-state index >= 15 is 0 Å². The van der Waals surface area contributed by atoms with Crippen molar-refractivity contribution in [3.05, 3.63) is 240 Å². The van der Waals surface area contributed by atoms with E-state index in [1.807, 2.05) is 177 Å². The molecule has 6 aromatic carbocycles. The van der Waals surface area contributed by atoms with Crippen LogP contribution < -0.4 is 33.1 Å². The first-order chi connectivity index (χ1) is 35.2. The summed E-state index contributed by atoms with van der Waals surface area (Å²) in [6.45, 7) is 3.19. The van der Waals surface area contributed by atoms with Crippen LogP contribution in [0.15, 0.2) is 183 Å². The summed E-state index contributed by atoms with van der Waals surface area (Å²) in [5, 5.41) is 10.1. The molecule has 9 rings (SSSR count). The fourth-order valence-electron chi connectivity index (χ4n) is 8.21. The minimum absolute atomic E-state index is 0. The van der Waals surface area contributed by atoms with Crippen molar-refractivity contribution in [1.82, 2.24) is 24.8 Å². The van der Waals surface area contributed by atoms with Gasteiger partial charge in [0.15, 0.2) is 0 Å². The zero-order chi connectivity index (χ0) is 50.1. The SMILES string of the molecule is Cc1c(C[C@H](C(=O)N2C(=O)OC[C@@H]2Cc2ccccc2)c2ccc(I)cc2)ncnc1OCc1ccccc1.OC[C@@H](Cc1ncnc(OCc2ccccc2)c1OCc1ccccc1)c1ccc(I)cc1.[B].[H-].[Li+]. The predicted octanol–water partition coefficient (Wildman–Crippen LogP) is 8.18. The third-order valence-corrected chi connectivity index (χ3v) is 13.6. The van der Waals surface area contributed by atoms with Crippen molar-refractivity contribution in [3.63, 3.8) is 0 Å². The molecular weight excluding hydrogens is 1150 g/mol. The van der Waals surface area contributed by atoms with Gasteiger partial charge in [0.1, 0.15) is 39.1 Å². The number of rotatable bonds is 19. The van der Waals surface area contributed by atoms with Crippen molar-refractivity contribution < 1.29 is 53.9 Å². The fraction of sp³-hybridized carbons (Fsp3) is 0.207. The molecule has 0 saturated carbocycles. The van der Waals surface area contributed by atoms with E-state index in [1.54, 1.807) is 0 Å². The standard InChI is InChI=1S/C31H28IN3O4.C27H25IN2O3.B.Li.H/c1-21-28(33-20-34-29(21)38-18-23-10-6-3-7-11-23)17-27(24-12-14-25(32)15-13-24)30(36)35-26(19-39-31(35)37)16-22-8-4-2-5-9-22;28-24-13-11-22(12-14-24)23(16-31)15-25-26(32-17-20-7-3-1-4-8-20)27(30-19-29-25)33-18-21-9-5-2-6-10-21;;;/h2-15,20,26-27H,16-19H2,1H3;1-14,19,23,31H,15-18H2;;;/q;;;+1;-1/t26-,27-;23-;;;/m01.../s1. The molecule has 74 heavy (non-hydrogen) atoms. The van der Waals surface area contributed by atoms with Gasteiger partial charge in [-0.15, -0.1) is 0 Å². The van der Waals surface area contributed by atoms with E-state index < -0.39 is 12.0 Å². The van der Waals surface area contributed by atoms with Gasteiger partial charge in [-0.25, -0.2) is 24.6 Å². The summed E-state index contributed by atoms with van der Waals surface area (Å²) in [5.74, 6) is 0.337. The molecule has 1 saturated heterocycles. The number of carbonyl (C=O) groups excluding carboxylic acids is 2. The maximum Gasteiger partial charge on any atom is 1.00 e. The molecule has 0 unspecified atom stereocenters. The van der Waals surface area contributed by atoms with E-state index in [1.165, 1.54) is 17.6 Å². The summed E-state index contributed by atoms with van der Waals surface area (Å²) in [4.78, 5) is 45.9. The molecule has 1 aliphatic rings. The van der Waals surface area contributed by atoms with Crippen molar-refractivity contribution in [2.75, 3.05) is 13.2 Å². The molecule has 0 spiro atoms. The van der Waals surface area contributed by atoms with Crippen molar-refractivity contribution in [2.24, 2.45) is 0 Å². The number of ether oxygens (including phenoxy) is 4. The van der Waals surface area contributed by atoms with Crippen molar-refractivity contribution >= 4 is 65.6 Å². The van der Waals surface area contributed by atoms with Crippen LogP contribution in [0.5, 0.6) is 17.5 Å². The van der Waals surface area contributed by atoms with E-state index in [0.717, 1.165) is 46.1 Å². The van der Waals surface area contributed by atoms with Crippen LogP contribution in [0.1, 0.15) is 63.6 Å². The van der Waals surface area contributed by atoms with E-state index in [-0.39, 0.29) is 66.2 Å². The molecule has 12 nitrogen and oxygen atoms in total. The maximum absolute atomic E-state index is 14.1.